The van der Waals surface area contributed by atoms with E-state index in [1.807, 2.05) is 0 Å². The summed E-state index contributed by atoms with van der Waals surface area (Å²) >= 11 is 0. The Hall–Kier alpha value is -0.0800. The van der Waals surface area contributed by atoms with E-state index in [0.29, 0.717) is 6.10 Å². The van der Waals surface area contributed by atoms with Crippen molar-refractivity contribution in [2.24, 2.45) is 0 Å². The molecule has 0 bridgehead atoms. The fourth-order valence-corrected chi connectivity index (χ4v) is 1.32. The maximum atomic E-state index is 5.58. The van der Waals surface area contributed by atoms with Crippen LogP contribution in [0.4, 0.5) is 0 Å². The fourth-order valence-electron chi connectivity index (χ4n) is 1.32. The van der Waals surface area contributed by atoms with Crippen molar-refractivity contribution in [3.05, 3.63) is 0 Å². The van der Waals surface area contributed by atoms with Crippen molar-refractivity contribution in [2.75, 3.05) is 26.7 Å². The van der Waals surface area contributed by atoms with E-state index in [1.54, 1.807) is 0 Å². The van der Waals surface area contributed by atoms with Crippen molar-refractivity contribution in [3.63, 3.8) is 0 Å². The Labute approximate surface area is 63.2 Å². The number of likely N-dealkylation sites (tertiary alicyclic amines) is 1. The molecule has 1 rings (SSSR count). The quantitative estimate of drug-likeness (QED) is 0.587. The van der Waals surface area contributed by atoms with Gasteiger partial charge in [0.15, 0.2) is 0 Å². The largest absolute Gasteiger partial charge is 0.377 e. The van der Waals surface area contributed by atoms with Gasteiger partial charge in [0.1, 0.15) is 0 Å². The van der Waals surface area contributed by atoms with Crippen molar-refractivity contribution in [2.45, 2.75) is 25.9 Å². The second-order valence-corrected chi connectivity index (χ2v) is 3.04. The summed E-state index contributed by atoms with van der Waals surface area (Å²) < 4.78 is 5.58. The van der Waals surface area contributed by atoms with Crippen LogP contribution in [0, 0.1) is 0 Å². The molecule has 10 heavy (non-hydrogen) atoms. The zero-order valence-electron chi connectivity index (χ0n) is 6.97. The molecule has 0 aromatic carbocycles. The monoisotopic (exact) mass is 143 g/mol. The summed E-state index contributed by atoms with van der Waals surface area (Å²) in [6, 6.07) is 0. The molecule has 1 aliphatic rings. The molecular weight excluding hydrogens is 126 g/mol. The Balaban J connectivity index is 2.06. The Morgan fingerprint density at radius 3 is 2.90 bits per heavy atom. The molecule has 2 heteroatoms. The van der Waals surface area contributed by atoms with Gasteiger partial charge in [-0.25, -0.2) is 0 Å². The molecule has 1 atom stereocenters. The highest BCUT2D eigenvalue weighted by Crippen LogP contribution is 2.09. The first-order valence-electron chi connectivity index (χ1n) is 4.13. The molecule has 0 spiro atoms. The molecule has 0 saturated carbocycles. The van der Waals surface area contributed by atoms with Gasteiger partial charge in [0, 0.05) is 19.7 Å². The van der Waals surface area contributed by atoms with Gasteiger partial charge in [-0.3, -0.25) is 0 Å². The first kappa shape index (κ1) is 8.02. The van der Waals surface area contributed by atoms with Crippen molar-refractivity contribution in [3.8, 4) is 0 Å². The van der Waals surface area contributed by atoms with E-state index in [9.17, 15) is 0 Å². The Morgan fingerprint density at radius 2 is 2.40 bits per heavy atom. The molecule has 1 heterocycles. The van der Waals surface area contributed by atoms with E-state index < -0.39 is 0 Å². The van der Waals surface area contributed by atoms with Crippen LogP contribution in [0.15, 0.2) is 0 Å². The lowest BCUT2D eigenvalue weighted by atomic mass is 10.3. The van der Waals surface area contributed by atoms with E-state index in [-0.39, 0.29) is 0 Å². The number of rotatable bonds is 3. The summed E-state index contributed by atoms with van der Waals surface area (Å²) in [6.45, 7) is 5.41. The van der Waals surface area contributed by atoms with Crippen LogP contribution in [0.25, 0.3) is 0 Å². The number of hydrogen-bond acceptors (Lipinski definition) is 2. The van der Waals surface area contributed by atoms with Crippen LogP contribution >= 0.6 is 0 Å². The minimum Gasteiger partial charge on any atom is -0.377 e. The highest BCUT2D eigenvalue weighted by atomic mass is 16.5. The predicted octanol–water partition coefficient (Wildman–Crippen LogP) is 1.12. The molecular formula is C8H17NO. The van der Waals surface area contributed by atoms with Gasteiger partial charge in [-0.2, -0.15) is 0 Å². The third-order valence-corrected chi connectivity index (χ3v) is 1.91. The Morgan fingerprint density at radius 1 is 1.60 bits per heavy atom. The first-order chi connectivity index (χ1) is 4.83. The lowest BCUT2D eigenvalue weighted by Gasteiger charge is -2.10. The summed E-state index contributed by atoms with van der Waals surface area (Å²) in [5.41, 5.74) is 0. The van der Waals surface area contributed by atoms with E-state index >= 15 is 0 Å². The normalized spacial score (nSPS) is 27.6. The minimum absolute atomic E-state index is 0.518. The van der Waals surface area contributed by atoms with E-state index in [4.69, 9.17) is 4.74 Å². The second-order valence-electron chi connectivity index (χ2n) is 3.04. The summed E-state index contributed by atoms with van der Waals surface area (Å²) in [4.78, 5) is 2.32. The van der Waals surface area contributed by atoms with Gasteiger partial charge in [-0.05, 0) is 19.9 Å². The SMILES string of the molecule is CCCO[C@H]1CCN(C)C1. The van der Waals surface area contributed by atoms with Crippen molar-refractivity contribution in [1.82, 2.24) is 4.90 Å². The first-order valence-corrected chi connectivity index (χ1v) is 4.13. The van der Waals surface area contributed by atoms with E-state index in [2.05, 4.69) is 18.9 Å². The molecule has 0 unspecified atom stereocenters. The van der Waals surface area contributed by atoms with Gasteiger partial charge in [0.2, 0.25) is 0 Å². The lowest BCUT2D eigenvalue weighted by Crippen LogP contribution is -2.19. The number of likely N-dealkylation sites (N-methyl/N-ethyl adjacent to an activating group) is 1. The Bertz CT molecular complexity index is 95.3. The molecule has 0 radical (unpaired) electrons. The van der Waals surface area contributed by atoms with Gasteiger partial charge in [0.05, 0.1) is 6.10 Å². The minimum atomic E-state index is 0.518. The predicted molar refractivity (Wildman–Crippen MR) is 42.1 cm³/mol. The molecule has 0 aromatic rings. The third-order valence-electron chi connectivity index (χ3n) is 1.91. The molecule has 1 saturated heterocycles. The lowest BCUT2D eigenvalue weighted by molar-refractivity contribution is 0.0614. The van der Waals surface area contributed by atoms with Crippen LogP contribution in [-0.4, -0.2) is 37.7 Å². The number of ether oxygens (including phenoxy) is 1. The van der Waals surface area contributed by atoms with Crippen LogP contribution in [0.3, 0.4) is 0 Å². The van der Waals surface area contributed by atoms with Gasteiger partial charge in [-0.1, -0.05) is 6.92 Å². The number of nitrogens with zero attached hydrogens (tertiary/aromatic N) is 1. The zero-order chi connectivity index (χ0) is 7.40. The maximum Gasteiger partial charge on any atom is 0.0714 e. The highest BCUT2D eigenvalue weighted by molar-refractivity contribution is 4.72. The van der Waals surface area contributed by atoms with Crippen LogP contribution in [0.5, 0.6) is 0 Å². The molecule has 1 aliphatic heterocycles. The summed E-state index contributed by atoms with van der Waals surface area (Å²) in [7, 11) is 2.15. The summed E-state index contributed by atoms with van der Waals surface area (Å²) in [6.07, 6.45) is 2.88. The van der Waals surface area contributed by atoms with Gasteiger partial charge < -0.3 is 9.64 Å². The smallest absolute Gasteiger partial charge is 0.0714 e. The molecule has 0 aliphatic carbocycles. The molecule has 0 N–H and O–H groups in total. The maximum absolute atomic E-state index is 5.58. The summed E-state index contributed by atoms with van der Waals surface area (Å²) in [5.74, 6) is 0. The van der Waals surface area contributed by atoms with E-state index in [1.165, 1.54) is 13.0 Å². The Kier molecular flexibility index (Phi) is 3.16. The molecule has 60 valence electrons. The number of hydrogen-bond donors (Lipinski definition) is 0. The van der Waals surface area contributed by atoms with Gasteiger partial charge in [0.25, 0.3) is 0 Å². The highest BCUT2D eigenvalue weighted by Gasteiger charge is 2.18. The van der Waals surface area contributed by atoms with Crippen LogP contribution < -0.4 is 0 Å². The van der Waals surface area contributed by atoms with Crippen molar-refractivity contribution >= 4 is 0 Å². The molecule has 2 nitrogen and oxygen atoms in total. The zero-order valence-corrected chi connectivity index (χ0v) is 6.97. The standard InChI is InChI=1S/C8H17NO/c1-3-6-10-8-4-5-9(2)7-8/h8H,3-7H2,1-2H3/t8-/m0/s1. The van der Waals surface area contributed by atoms with Crippen molar-refractivity contribution < 1.29 is 4.74 Å². The molecule has 1 fully saturated rings. The van der Waals surface area contributed by atoms with E-state index in [0.717, 1.165) is 19.6 Å². The second kappa shape index (κ2) is 3.94. The van der Waals surface area contributed by atoms with Gasteiger partial charge in [-0.15, -0.1) is 0 Å². The molecule has 0 amide bonds. The van der Waals surface area contributed by atoms with Crippen molar-refractivity contribution in [1.29, 1.82) is 0 Å². The fraction of sp³-hybridized carbons (Fsp3) is 1.00. The topological polar surface area (TPSA) is 12.5 Å². The van der Waals surface area contributed by atoms with Crippen LogP contribution in [-0.2, 0) is 4.74 Å². The summed E-state index contributed by atoms with van der Waals surface area (Å²) in [5, 5.41) is 0. The average molecular weight is 143 g/mol. The average Bonchev–Trinajstić information content (AvgIpc) is 2.31. The molecule has 0 aromatic heterocycles. The van der Waals surface area contributed by atoms with Crippen LogP contribution in [0.1, 0.15) is 19.8 Å². The van der Waals surface area contributed by atoms with Crippen LogP contribution in [0.2, 0.25) is 0 Å². The van der Waals surface area contributed by atoms with Gasteiger partial charge >= 0.3 is 0 Å². The third kappa shape index (κ3) is 2.27.